The standard InChI is InChI=1S/C14H21N5O3S/c1-4-23(20,21)18(3)11-5-7-19(8-6-11)13-12-10(2)17-22-14(12)16-9-15-13/h9,11H,4-8H2,1-3H3. The number of fused-ring (bicyclic) bond motifs is 1. The highest BCUT2D eigenvalue weighted by Gasteiger charge is 2.30. The topological polar surface area (TPSA) is 92.4 Å². The van der Waals surface area contributed by atoms with Crippen molar-refractivity contribution in [2.45, 2.75) is 32.7 Å². The molecule has 0 spiro atoms. The van der Waals surface area contributed by atoms with E-state index in [0.29, 0.717) is 5.71 Å². The third-order valence-electron chi connectivity index (χ3n) is 4.51. The lowest BCUT2D eigenvalue weighted by Gasteiger charge is -2.36. The third-order valence-corrected chi connectivity index (χ3v) is 6.41. The highest BCUT2D eigenvalue weighted by atomic mass is 32.2. The molecule has 1 aliphatic rings. The SMILES string of the molecule is CCS(=O)(=O)N(C)C1CCN(c2ncnc3onc(C)c23)CC1. The number of piperidine rings is 1. The maximum absolute atomic E-state index is 12.0. The second kappa shape index (κ2) is 6.04. The number of hydrogen-bond acceptors (Lipinski definition) is 7. The smallest absolute Gasteiger partial charge is 0.263 e. The first-order valence-electron chi connectivity index (χ1n) is 7.71. The largest absolute Gasteiger partial charge is 0.356 e. The van der Waals surface area contributed by atoms with Crippen molar-refractivity contribution in [3.63, 3.8) is 0 Å². The molecule has 8 nitrogen and oxygen atoms in total. The van der Waals surface area contributed by atoms with Gasteiger partial charge in [0.15, 0.2) is 0 Å². The Kier molecular flexibility index (Phi) is 4.24. The van der Waals surface area contributed by atoms with Crippen molar-refractivity contribution in [2.75, 3.05) is 30.8 Å². The molecule has 1 saturated heterocycles. The minimum Gasteiger partial charge on any atom is -0.356 e. The van der Waals surface area contributed by atoms with E-state index < -0.39 is 10.0 Å². The number of anilines is 1. The normalized spacial score (nSPS) is 17.3. The zero-order valence-corrected chi connectivity index (χ0v) is 14.4. The maximum Gasteiger partial charge on any atom is 0.263 e. The fourth-order valence-electron chi connectivity index (χ4n) is 3.02. The second-order valence-corrected chi connectivity index (χ2v) is 8.10. The van der Waals surface area contributed by atoms with Gasteiger partial charge in [-0.2, -0.15) is 4.98 Å². The summed E-state index contributed by atoms with van der Waals surface area (Å²) in [6.07, 6.45) is 3.01. The molecule has 0 unspecified atom stereocenters. The lowest BCUT2D eigenvalue weighted by Crippen LogP contribution is -2.46. The molecule has 3 heterocycles. The summed E-state index contributed by atoms with van der Waals surface area (Å²) in [6.45, 7) is 5.02. The van der Waals surface area contributed by atoms with E-state index in [1.54, 1.807) is 14.0 Å². The van der Waals surface area contributed by atoms with Crippen molar-refractivity contribution in [1.82, 2.24) is 19.4 Å². The Labute approximate surface area is 135 Å². The van der Waals surface area contributed by atoms with Crippen LogP contribution in [0.15, 0.2) is 10.9 Å². The Morgan fingerprint density at radius 1 is 1.35 bits per heavy atom. The molecule has 0 N–H and O–H groups in total. The molecule has 9 heteroatoms. The molecule has 0 amide bonds. The molecule has 2 aromatic heterocycles. The summed E-state index contributed by atoms with van der Waals surface area (Å²) in [4.78, 5) is 10.6. The molecule has 1 fully saturated rings. The van der Waals surface area contributed by atoms with Crippen molar-refractivity contribution in [2.24, 2.45) is 0 Å². The van der Waals surface area contributed by atoms with Gasteiger partial charge in [0.1, 0.15) is 17.5 Å². The molecule has 23 heavy (non-hydrogen) atoms. The predicted molar refractivity (Wildman–Crippen MR) is 86.8 cm³/mol. The summed E-state index contributed by atoms with van der Waals surface area (Å²) in [6, 6.07) is 0.0390. The van der Waals surface area contributed by atoms with Crippen LogP contribution in [0.25, 0.3) is 11.1 Å². The van der Waals surface area contributed by atoms with E-state index >= 15 is 0 Å². The van der Waals surface area contributed by atoms with Crippen LogP contribution in [-0.2, 0) is 10.0 Å². The van der Waals surface area contributed by atoms with Gasteiger partial charge < -0.3 is 9.42 Å². The van der Waals surface area contributed by atoms with Crippen molar-refractivity contribution >= 4 is 26.9 Å². The van der Waals surface area contributed by atoms with Crippen molar-refractivity contribution in [3.05, 3.63) is 12.0 Å². The van der Waals surface area contributed by atoms with Gasteiger partial charge in [0.25, 0.3) is 5.71 Å². The summed E-state index contributed by atoms with van der Waals surface area (Å²) in [7, 11) is -1.48. The molecule has 0 atom stereocenters. The Balaban J connectivity index is 1.78. The summed E-state index contributed by atoms with van der Waals surface area (Å²) >= 11 is 0. The minimum absolute atomic E-state index is 0.0390. The first kappa shape index (κ1) is 16.1. The number of hydrogen-bond donors (Lipinski definition) is 0. The number of aromatic nitrogens is 3. The molecule has 0 aromatic carbocycles. The molecule has 0 saturated carbocycles. The summed E-state index contributed by atoms with van der Waals surface area (Å²) in [5.41, 5.74) is 1.25. The van der Waals surface area contributed by atoms with E-state index in [-0.39, 0.29) is 11.8 Å². The minimum atomic E-state index is -3.15. The Bertz CT molecular complexity index is 796. The number of rotatable bonds is 4. The highest BCUT2D eigenvalue weighted by Crippen LogP contribution is 2.29. The molecular weight excluding hydrogens is 318 g/mol. The van der Waals surface area contributed by atoms with E-state index in [9.17, 15) is 8.42 Å². The van der Waals surface area contributed by atoms with Crippen LogP contribution in [0.5, 0.6) is 0 Å². The Morgan fingerprint density at radius 2 is 2.04 bits per heavy atom. The Hall–Kier alpha value is -1.74. The van der Waals surface area contributed by atoms with E-state index in [1.165, 1.54) is 10.6 Å². The van der Waals surface area contributed by atoms with Crippen LogP contribution in [0.2, 0.25) is 0 Å². The van der Waals surface area contributed by atoms with Gasteiger partial charge >= 0.3 is 0 Å². The van der Waals surface area contributed by atoms with Gasteiger partial charge in [0, 0.05) is 26.2 Å². The fourth-order valence-corrected chi connectivity index (χ4v) is 4.09. The quantitative estimate of drug-likeness (QED) is 0.825. The van der Waals surface area contributed by atoms with Crippen molar-refractivity contribution in [3.8, 4) is 0 Å². The summed E-state index contributed by atoms with van der Waals surface area (Å²) < 4.78 is 30.7. The van der Waals surface area contributed by atoms with Crippen LogP contribution in [0, 0.1) is 6.92 Å². The zero-order chi connectivity index (χ0) is 16.6. The number of aryl methyl sites for hydroxylation is 1. The summed E-state index contributed by atoms with van der Waals surface area (Å²) in [5.74, 6) is 0.948. The highest BCUT2D eigenvalue weighted by molar-refractivity contribution is 7.89. The lowest BCUT2D eigenvalue weighted by atomic mass is 10.1. The second-order valence-electron chi connectivity index (χ2n) is 5.78. The maximum atomic E-state index is 12.0. The van der Waals surface area contributed by atoms with E-state index in [1.807, 2.05) is 6.92 Å². The predicted octanol–water partition coefficient (Wildman–Crippen LogP) is 1.18. The molecule has 0 bridgehead atoms. The van der Waals surface area contributed by atoms with Crippen LogP contribution in [0.3, 0.4) is 0 Å². The van der Waals surface area contributed by atoms with E-state index in [0.717, 1.165) is 42.8 Å². The van der Waals surface area contributed by atoms with Crippen LogP contribution >= 0.6 is 0 Å². The van der Waals surface area contributed by atoms with Crippen LogP contribution < -0.4 is 4.90 Å². The molecule has 3 rings (SSSR count). The number of nitrogens with zero attached hydrogens (tertiary/aromatic N) is 5. The Morgan fingerprint density at radius 3 is 2.70 bits per heavy atom. The third kappa shape index (κ3) is 2.90. The monoisotopic (exact) mass is 339 g/mol. The van der Waals surface area contributed by atoms with Gasteiger partial charge in [-0.3, -0.25) is 0 Å². The van der Waals surface area contributed by atoms with Gasteiger partial charge in [-0.25, -0.2) is 17.7 Å². The van der Waals surface area contributed by atoms with Crippen LogP contribution in [0.4, 0.5) is 5.82 Å². The molecular formula is C14H21N5O3S. The first-order chi connectivity index (χ1) is 10.9. The average molecular weight is 339 g/mol. The molecule has 0 aliphatic carbocycles. The first-order valence-corrected chi connectivity index (χ1v) is 9.32. The van der Waals surface area contributed by atoms with Gasteiger partial charge in [-0.05, 0) is 26.7 Å². The van der Waals surface area contributed by atoms with Gasteiger partial charge in [-0.1, -0.05) is 5.16 Å². The molecule has 0 radical (unpaired) electrons. The van der Waals surface area contributed by atoms with E-state index in [4.69, 9.17) is 4.52 Å². The molecule has 126 valence electrons. The summed E-state index contributed by atoms with van der Waals surface area (Å²) in [5, 5.41) is 4.78. The van der Waals surface area contributed by atoms with Gasteiger partial charge in [0.05, 0.1) is 11.4 Å². The molecule has 1 aliphatic heterocycles. The van der Waals surface area contributed by atoms with E-state index in [2.05, 4.69) is 20.0 Å². The van der Waals surface area contributed by atoms with Gasteiger partial charge in [0.2, 0.25) is 10.0 Å². The molecule has 2 aromatic rings. The average Bonchev–Trinajstić information content (AvgIpc) is 2.96. The van der Waals surface area contributed by atoms with Crippen LogP contribution in [0.1, 0.15) is 25.5 Å². The zero-order valence-electron chi connectivity index (χ0n) is 13.6. The number of sulfonamides is 1. The fraction of sp³-hybridized carbons (Fsp3) is 0.643. The lowest BCUT2D eigenvalue weighted by molar-refractivity contribution is 0.312. The van der Waals surface area contributed by atoms with Crippen LogP contribution in [-0.4, -0.2) is 59.8 Å². The van der Waals surface area contributed by atoms with Crippen molar-refractivity contribution in [1.29, 1.82) is 0 Å². The van der Waals surface area contributed by atoms with Crippen molar-refractivity contribution < 1.29 is 12.9 Å². The van der Waals surface area contributed by atoms with Gasteiger partial charge in [-0.15, -0.1) is 0 Å².